The summed E-state index contributed by atoms with van der Waals surface area (Å²) in [6, 6.07) is 24.5. The number of hydrogen-bond acceptors (Lipinski definition) is 3. The minimum absolute atomic E-state index is 0.417. The van der Waals surface area contributed by atoms with Gasteiger partial charge in [0.2, 0.25) is 0 Å². The van der Waals surface area contributed by atoms with Crippen molar-refractivity contribution in [3.63, 3.8) is 0 Å². The van der Waals surface area contributed by atoms with Gasteiger partial charge in [-0.05, 0) is 65.4 Å². The fourth-order valence-corrected chi connectivity index (χ4v) is 2.94. The first-order valence-electron chi connectivity index (χ1n) is 9.50. The molecule has 0 aliphatic rings. The summed E-state index contributed by atoms with van der Waals surface area (Å²) < 4.78 is 5.36. The normalized spacial score (nSPS) is 11.5. The molecular formula is C25H23NO2. The van der Waals surface area contributed by atoms with Crippen LogP contribution in [0.15, 0.2) is 72.8 Å². The average Bonchev–Trinajstić information content (AvgIpc) is 2.75. The predicted molar refractivity (Wildman–Crippen MR) is 111 cm³/mol. The van der Waals surface area contributed by atoms with E-state index >= 15 is 0 Å². The van der Waals surface area contributed by atoms with Crippen LogP contribution in [0.25, 0.3) is 11.1 Å². The number of nitriles is 1. The number of carbonyl (C=O) groups excluding carboxylic acids is 1. The Morgan fingerprint density at radius 3 is 2.04 bits per heavy atom. The van der Waals surface area contributed by atoms with Gasteiger partial charge in [0.1, 0.15) is 5.75 Å². The number of carbonyl (C=O) groups is 1. The van der Waals surface area contributed by atoms with Gasteiger partial charge in [0.25, 0.3) is 0 Å². The van der Waals surface area contributed by atoms with Crippen LogP contribution in [0.3, 0.4) is 0 Å². The number of nitrogens with zero attached hydrogens (tertiary/aromatic N) is 1. The van der Waals surface area contributed by atoms with Crippen LogP contribution in [0.2, 0.25) is 0 Å². The van der Waals surface area contributed by atoms with Crippen LogP contribution < -0.4 is 4.74 Å². The first kappa shape index (κ1) is 19.4. The summed E-state index contributed by atoms with van der Waals surface area (Å²) in [6.07, 6.45) is 2.28. The van der Waals surface area contributed by atoms with E-state index in [1.165, 1.54) is 12.0 Å². The highest BCUT2D eigenvalue weighted by molar-refractivity contribution is 5.91. The Kier molecular flexibility index (Phi) is 6.24. The van der Waals surface area contributed by atoms with E-state index in [2.05, 4.69) is 38.1 Å². The SMILES string of the molecule is CC[C@H](C)Cc1ccc(-c2ccc(C(=O)Oc3ccc(C#N)cc3)cc2)cc1. The molecule has 0 N–H and O–H groups in total. The number of esters is 1. The highest BCUT2D eigenvalue weighted by atomic mass is 16.5. The Balaban J connectivity index is 1.67. The van der Waals surface area contributed by atoms with Gasteiger partial charge < -0.3 is 4.74 Å². The summed E-state index contributed by atoms with van der Waals surface area (Å²) >= 11 is 0. The predicted octanol–water partition coefficient (Wildman–Crippen LogP) is 6.03. The van der Waals surface area contributed by atoms with Crippen LogP contribution in [0.4, 0.5) is 0 Å². The van der Waals surface area contributed by atoms with Gasteiger partial charge in [0.15, 0.2) is 0 Å². The molecule has 0 aromatic heterocycles. The van der Waals surface area contributed by atoms with Gasteiger partial charge in [-0.15, -0.1) is 0 Å². The molecule has 0 bridgehead atoms. The monoisotopic (exact) mass is 369 g/mol. The Morgan fingerprint density at radius 2 is 1.50 bits per heavy atom. The Hall–Kier alpha value is -3.38. The molecule has 3 rings (SSSR count). The zero-order chi connectivity index (χ0) is 19.9. The van der Waals surface area contributed by atoms with Crippen molar-refractivity contribution in [2.45, 2.75) is 26.7 Å². The Labute approximate surface area is 166 Å². The lowest BCUT2D eigenvalue weighted by molar-refractivity contribution is 0.0735. The van der Waals surface area contributed by atoms with Crippen molar-refractivity contribution in [1.82, 2.24) is 0 Å². The van der Waals surface area contributed by atoms with Crippen molar-refractivity contribution < 1.29 is 9.53 Å². The van der Waals surface area contributed by atoms with Gasteiger partial charge in [-0.3, -0.25) is 0 Å². The Bertz CT molecular complexity index is 965. The minimum atomic E-state index is -0.417. The van der Waals surface area contributed by atoms with Gasteiger partial charge in [0, 0.05) is 0 Å². The minimum Gasteiger partial charge on any atom is -0.423 e. The van der Waals surface area contributed by atoms with E-state index in [-0.39, 0.29) is 0 Å². The molecule has 0 amide bonds. The third-order valence-corrected chi connectivity index (χ3v) is 4.88. The van der Waals surface area contributed by atoms with Crippen LogP contribution >= 0.6 is 0 Å². The third kappa shape index (κ3) is 4.86. The largest absolute Gasteiger partial charge is 0.423 e. The molecule has 0 aliphatic carbocycles. The maximum atomic E-state index is 12.3. The molecule has 0 heterocycles. The van der Waals surface area contributed by atoms with Crippen LogP contribution in [-0.4, -0.2) is 5.97 Å². The number of benzene rings is 3. The summed E-state index contributed by atoms with van der Waals surface area (Å²) in [6.45, 7) is 4.48. The van der Waals surface area contributed by atoms with Gasteiger partial charge in [0.05, 0.1) is 17.2 Å². The molecule has 0 unspecified atom stereocenters. The van der Waals surface area contributed by atoms with Crippen LogP contribution in [0, 0.1) is 17.2 Å². The number of ether oxygens (including phenoxy) is 1. The summed E-state index contributed by atoms with van der Waals surface area (Å²) in [5.74, 6) is 0.692. The third-order valence-electron chi connectivity index (χ3n) is 4.88. The molecule has 1 atom stereocenters. The second kappa shape index (κ2) is 9.01. The van der Waals surface area contributed by atoms with Crippen LogP contribution in [-0.2, 0) is 6.42 Å². The molecule has 3 aromatic rings. The molecule has 0 aliphatic heterocycles. The summed E-state index contributed by atoms with van der Waals surface area (Å²) in [5, 5.41) is 8.82. The van der Waals surface area contributed by atoms with Crippen molar-refractivity contribution in [2.75, 3.05) is 0 Å². The second-order valence-electron chi connectivity index (χ2n) is 7.02. The molecule has 3 aromatic carbocycles. The van der Waals surface area contributed by atoms with E-state index in [0.29, 0.717) is 22.8 Å². The standard InChI is InChI=1S/C25H23NO2/c1-3-18(2)16-19-4-8-21(9-5-19)22-10-12-23(13-11-22)25(27)28-24-14-6-20(17-26)7-15-24/h4-15,18H,3,16H2,1-2H3/t18-/m0/s1. The molecule has 0 fully saturated rings. The van der Waals surface area contributed by atoms with Gasteiger partial charge in [-0.2, -0.15) is 5.26 Å². The van der Waals surface area contributed by atoms with Gasteiger partial charge in [-0.1, -0.05) is 56.7 Å². The second-order valence-corrected chi connectivity index (χ2v) is 7.02. The van der Waals surface area contributed by atoms with E-state index in [9.17, 15) is 4.79 Å². The zero-order valence-electron chi connectivity index (χ0n) is 16.2. The lowest BCUT2D eigenvalue weighted by Crippen LogP contribution is -2.08. The van der Waals surface area contributed by atoms with Gasteiger partial charge in [-0.25, -0.2) is 4.79 Å². The smallest absolute Gasteiger partial charge is 0.343 e. The number of hydrogen-bond donors (Lipinski definition) is 0. The average molecular weight is 369 g/mol. The lowest BCUT2D eigenvalue weighted by atomic mass is 9.96. The summed E-state index contributed by atoms with van der Waals surface area (Å²) in [7, 11) is 0. The fraction of sp³-hybridized carbons (Fsp3) is 0.200. The molecular weight excluding hydrogens is 346 g/mol. The zero-order valence-corrected chi connectivity index (χ0v) is 16.2. The maximum Gasteiger partial charge on any atom is 0.343 e. The number of rotatable bonds is 6. The highest BCUT2D eigenvalue weighted by Crippen LogP contribution is 2.22. The Morgan fingerprint density at radius 1 is 0.929 bits per heavy atom. The van der Waals surface area contributed by atoms with E-state index in [4.69, 9.17) is 10.00 Å². The van der Waals surface area contributed by atoms with Gasteiger partial charge >= 0.3 is 5.97 Å². The lowest BCUT2D eigenvalue weighted by Gasteiger charge is -2.09. The highest BCUT2D eigenvalue weighted by Gasteiger charge is 2.09. The summed E-state index contributed by atoms with van der Waals surface area (Å²) in [4.78, 5) is 12.3. The molecule has 0 saturated heterocycles. The molecule has 3 heteroatoms. The van der Waals surface area contributed by atoms with Crippen molar-refractivity contribution in [3.05, 3.63) is 89.5 Å². The molecule has 0 saturated carbocycles. The maximum absolute atomic E-state index is 12.3. The molecule has 3 nitrogen and oxygen atoms in total. The topological polar surface area (TPSA) is 50.1 Å². The van der Waals surface area contributed by atoms with E-state index < -0.39 is 5.97 Å². The van der Waals surface area contributed by atoms with Crippen molar-refractivity contribution in [2.24, 2.45) is 5.92 Å². The fourth-order valence-electron chi connectivity index (χ4n) is 2.94. The first-order chi connectivity index (χ1) is 13.6. The van der Waals surface area contributed by atoms with Crippen molar-refractivity contribution in [1.29, 1.82) is 5.26 Å². The molecule has 0 radical (unpaired) electrons. The quantitative estimate of drug-likeness (QED) is 0.393. The molecule has 0 spiro atoms. The first-order valence-corrected chi connectivity index (χ1v) is 9.50. The van der Waals surface area contributed by atoms with E-state index in [1.54, 1.807) is 36.4 Å². The molecule has 140 valence electrons. The van der Waals surface area contributed by atoms with Crippen molar-refractivity contribution in [3.8, 4) is 22.9 Å². The van der Waals surface area contributed by atoms with Crippen LogP contribution in [0.5, 0.6) is 5.75 Å². The summed E-state index contributed by atoms with van der Waals surface area (Å²) in [5.41, 5.74) is 4.55. The molecule has 28 heavy (non-hydrogen) atoms. The van der Waals surface area contributed by atoms with Crippen LogP contribution in [0.1, 0.15) is 41.8 Å². The van der Waals surface area contributed by atoms with E-state index in [0.717, 1.165) is 17.5 Å². The van der Waals surface area contributed by atoms with E-state index in [1.807, 2.05) is 18.2 Å². The van der Waals surface area contributed by atoms with Crippen molar-refractivity contribution >= 4 is 5.97 Å².